The van der Waals surface area contributed by atoms with Crippen LogP contribution in [0.2, 0.25) is 0 Å². The first-order chi connectivity index (χ1) is 4.75. The number of hydrogen-bond acceptors (Lipinski definition) is 1. The van der Waals surface area contributed by atoms with Crippen LogP contribution < -0.4 is 5.56 Å². The molecular weight excluding hydrogens is 262 g/mol. The van der Waals surface area contributed by atoms with E-state index in [1.807, 2.05) is 6.07 Å². The van der Waals surface area contributed by atoms with E-state index in [4.69, 9.17) is 0 Å². The fourth-order valence-corrected chi connectivity index (χ4v) is 1.83. The van der Waals surface area contributed by atoms with Crippen LogP contribution in [0.25, 0.3) is 0 Å². The van der Waals surface area contributed by atoms with Gasteiger partial charge in [0, 0.05) is 11.5 Å². The first-order valence-corrected chi connectivity index (χ1v) is 4.59. The van der Waals surface area contributed by atoms with Gasteiger partial charge in [-0.05, 0) is 27.6 Å². The molecule has 0 unspecified atom stereocenters. The van der Waals surface area contributed by atoms with Crippen LogP contribution in [0.1, 0.15) is 5.56 Å². The molecule has 0 aliphatic heterocycles. The van der Waals surface area contributed by atoms with Crippen LogP contribution in [0.5, 0.6) is 0 Å². The van der Waals surface area contributed by atoms with Crippen LogP contribution in [0.15, 0.2) is 21.5 Å². The van der Waals surface area contributed by atoms with Crippen molar-refractivity contribution in [1.29, 1.82) is 0 Å². The van der Waals surface area contributed by atoms with Crippen molar-refractivity contribution in [1.82, 2.24) is 4.98 Å². The third-order valence-corrected chi connectivity index (χ3v) is 2.60. The molecule has 1 aromatic heterocycles. The molecule has 0 atom stereocenters. The molecule has 1 rings (SSSR count). The van der Waals surface area contributed by atoms with E-state index in [1.165, 1.54) is 0 Å². The smallest absolute Gasteiger partial charge is 0.262 e. The zero-order valence-electron chi connectivity index (χ0n) is 5.03. The van der Waals surface area contributed by atoms with Gasteiger partial charge in [-0.3, -0.25) is 4.79 Å². The van der Waals surface area contributed by atoms with Crippen LogP contribution in [-0.4, -0.2) is 4.98 Å². The maximum absolute atomic E-state index is 10.9. The number of aromatic nitrogens is 1. The van der Waals surface area contributed by atoms with Crippen LogP contribution in [-0.2, 0) is 5.33 Å². The molecule has 1 N–H and O–H groups in total. The minimum absolute atomic E-state index is 0.0862. The highest BCUT2D eigenvalue weighted by Crippen LogP contribution is 2.12. The number of aromatic amines is 1. The Morgan fingerprint density at radius 3 is 2.80 bits per heavy atom. The highest BCUT2D eigenvalue weighted by Gasteiger charge is 1.99. The summed E-state index contributed by atoms with van der Waals surface area (Å²) >= 11 is 6.43. The first-order valence-electron chi connectivity index (χ1n) is 2.67. The van der Waals surface area contributed by atoms with Crippen LogP contribution >= 0.6 is 31.9 Å². The van der Waals surface area contributed by atoms with E-state index in [9.17, 15) is 4.79 Å². The third-order valence-electron chi connectivity index (χ3n) is 1.12. The van der Waals surface area contributed by atoms with Gasteiger partial charge in [-0.2, -0.15) is 0 Å². The fourth-order valence-electron chi connectivity index (χ4n) is 0.604. The van der Waals surface area contributed by atoms with Crippen molar-refractivity contribution < 1.29 is 0 Å². The van der Waals surface area contributed by atoms with Gasteiger partial charge < -0.3 is 4.98 Å². The summed E-state index contributed by atoms with van der Waals surface area (Å²) in [5.74, 6) is 0. The van der Waals surface area contributed by atoms with E-state index in [-0.39, 0.29) is 5.56 Å². The molecule has 0 amide bonds. The number of halogens is 2. The lowest BCUT2D eigenvalue weighted by molar-refractivity contribution is 1.18. The lowest BCUT2D eigenvalue weighted by Crippen LogP contribution is -2.06. The first kappa shape index (κ1) is 8.01. The maximum atomic E-state index is 10.9. The molecule has 0 aliphatic rings. The summed E-state index contributed by atoms with van der Waals surface area (Å²) in [6, 6.07) is 1.85. The number of hydrogen-bond donors (Lipinski definition) is 1. The van der Waals surface area contributed by atoms with E-state index in [2.05, 4.69) is 36.8 Å². The summed E-state index contributed by atoms with van der Waals surface area (Å²) in [7, 11) is 0. The van der Waals surface area contributed by atoms with Gasteiger partial charge in [0.1, 0.15) is 0 Å². The second-order valence-corrected chi connectivity index (χ2v) is 3.13. The summed E-state index contributed by atoms with van der Waals surface area (Å²) < 4.78 is 0.604. The van der Waals surface area contributed by atoms with Crippen molar-refractivity contribution >= 4 is 31.9 Å². The summed E-state index contributed by atoms with van der Waals surface area (Å²) in [6.07, 6.45) is 1.63. The average Bonchev–Trinajstić information content (AvgIpc) is 1.95. The van der Waals surface area contributed by atoms with E-state index < -0.39 is 0 Å². The molecule has 4 heteroatoms. The molecule has 2 nitrogen and oxygen atoms in total. The molecule has 0 aliphatic carbocycles. The number of pyridine rings is 1. The van der Waals surface area contributed by atoms with E-state index >= 15 is 0 Å². The van der Waals surface area contributed by atoms with Gasteiger partial charge in [0.15, 0.2) is 0 Å². The molecule has 0 aromatic carbocycles. The SMILES string of the molecule is O=c1[nH]ccc(CBr)c1Br. The highest BCUT2D eigenvalue weighted by atomic mass is 79.9. The Labute approximate surface area is 74.9 Å². The Morgan fingerprint density at radius 2 is 2.30 bits per heavy atom. The van der Waals surface area contributed by atoms with Crippen LogP contribution in [0, 0.1) is 0 Å². The third kappa shape index (κ3) is 1.49. The Bertz CT molecular complexity index is 281. The topological polar surface area (TPSA) is 32.9 Å². The van der Waals surface area contributed by atoms with Crippen molar-refractivity contribution in [3.05, 3.63) is 32.7 Å². The number of H-pyrrole nitrogens is 1. The molecule has 0 saturated carbocycles. The molecule has 0 bridgehead atoms. The van der Waals surface area contributed by atoms with Gasteiger partial charge in [-0.25, -0.2) is 0 Å². The van der Waals surface area contributed by atoms with Gasteiger partial charge in [-0.15, -0.1) is 0 Å². The monoisotopic (exact) mass is 265 g/mol. The normalized spacial score (nSPS) is 9.80. The maximum Gasteiger partial charge on any atom is 0.262 e. The molecule has 54 valence electrons. The molecule has 0 saturated heterocycles. The van der Waals surface area contributed by atoms with Crippen molar-refractivity contribution in [3.8, 4) is 0 Å². The molecule has 0 radical (unpaired) electrons. The van der Waals surface area contributed by atoms with Gasteiger partial charge in [0.25, 0.3) is 5.56 Å². The second-order valence-electron chi connectivity index (χ2n) is 1.78. The highest BCUT2D eigenvalue weighted by molar-refractivity contribution is 9.10. The number of alkyl halides is 1. The van der Waals surface area contributed by atoms with Crippen molar-refractivity contribution in [3.63, 3.8) is 0 Å². The Morgan fingerprint density at radius 1 is 1.60 bits per heavy atom. The molecule has 0 spiro atoms. The van der Waals surface area contributed by atoms with Crippen molar-refractivity contribution in [2.45, 2.75) is 5.33 Å². The summed E-state index contributed by atoms with van der Waals surface area (Å²) in [6.45, 7) is 0. The van der Waals surface area contributed by atoms with Gasteiger partial charge in [-0.1, -0.05) is 15.9 Å². The second kappa shape index (κ2) is 3.34. The molecule has 1 heterocycles. The molecule has 10 heavy (non-hydrogen) atoms. The zero-order valence-corrected chi connectivity index (χ0v) is 8.20. The van der Waals surface area contributed by atoms with E-state index in [0.29, 0.717) is 9.80 Å². The lowest BCUT2D eigenvalue weighted by Gasteiger charge is -1.95. The lowest BCUT2D eigenvalue weighted by atomic mass is 10.3. The predicted octanol–water partition coefficient (Wildman–Crippen LogP) is 2.03. The van der Waals surface area contributed by atoms with E-state index in [0.717, 1.165) is 5.56 Å². The summed E-state index contributed by atoms with van der Waals surface area (Å²) in [5, 5.41) is 0.692. The number of rotatable bonds is 1. The predicted molar refractivity (Wildman–Crippen MR) is 47.4 cm³/mol. The Hall–Kier alpha value is -0.0900. The van der Waals surface area contributed by atoms with Gasteiger partial charge in [0.05, 0.1) is 4.47 Å². The zero-order chi connectivity index (χ0) is 7.56. The summed E-state index contributed by atoms with van der Waals surface area (Å²) in [5.41, 5.74) is 0.876. The average molecular weight is 267 g/mol. The van der Waals surface area contributed by atoms with Gasteiger partial charge >= 0.3 is 0 Å². The van der Waals surface area contributed by atoms with Gasteiger partial charge in [0.2, 0.25) is 0 Å². The quantitative estimate of drug-likeness (QED) is 0.776. The molecule has 0 fully saturated rings. The van der Waals surface area contributed by atoms with Crippen molar-refractivity contribution in [2.75, 3.05) is 0 Å². The number of nitrogens with one attached hydrogen (secondary N) is 1. The standard InChI is InChI=1S/C6H5Br2NO/c7-3-4-1-2-9-6(10)5(4)8/h1-2H,3H2,(H,9,10). The Kier molecular flexibility index (Phi) is 2.68. The van der Waals surface area contributed by atoms with E-state index in [1.54, 1.807) is 6.20 Å². The van der Waals surface area contributed by atoms with Crippen LogP contribution in [0.3, 0.4) is 0 Å². The fraction of sp³-hybridized carbons (Fsp3) is 0.167. The van der Waals surface area contributed by atoms with Crippen LogP contribution in [0.4, 0.5) is 0 Å². The minimum atomic E-state index is -0.0862. The largest absolute Gasteiger partial charge is 0.328 e. The molecule has 1 aromatic rings. The summed E-state index contributed by atoms with van der Waals surface area (Å²) in [4.78, 5) is 13.4. The Balaban J connectivity index is 3.28. The minimum Gasteiger partial charge on any atom is -0.328 e. The molecular formula is C6H5Br2NO. The van der Waals surface area contributed by atoms with Crippen molar-refractivity contribution in [2.24, 2.45) is 0 Å².